The Morgan fingerprint density at radius 3 is 2.83 bits per heavy atom. The van der Waals surface area contributed by atoms with Crippen LogP contribution in [0.2, 0.25) is 0 Å². The van der Waals surface area contributed by atoms with Gasteiger partial charge in [0.25, 0.3) is 0 Å². The first kappa shape index (κ1) is 10.4. The summed E-state index contributed by atoms with van der Waals surface area (Å²) in [5, 5.41) is 0. The molecule has 0 aliphatic heterocycles. The molecule has 0 bridgehead atoms. The number of hydrogen-bond donors (Lipinski definition) is 1. The minimum absolute atomic E-state index is 0.522. The molecule has 0 heterocycles. The zero-order chi connectivity index (χ0) is 8.81. The summed E-state index contributed by atoms with van der Waals surface area (Å²) in [4.78, 5) is 0. The van der Waals surface area contributed by atoms with Crippen molar-refractivity contribution in [2.75, 3.05) is 11.5 Å². The van der Waals surface area contributed by atoms with Gasteiger partial charge in [-0.05, 0) is 49.5 Å². The molecule has 0 saturated heterocycles. The van der Waals surface area contributed by atoms with E-state index in [1.165, 1.54) is 43.6 Å². The first-order valence-corrected chi connectivity index (χ1v) is 6.31. The molecule has 2 atom stereocenters. The second-order valence-electron chi connectivity index (χ2n) is 3.78. The molecule has 0 radical (unpaired) electrons. The molecular weight excluding hydrogens is 166 g/mol. The van der Waals surface area contributed by atoms with Crippen LogP contribution in [0, 0.1) is 5.92 Å². The molecule has 12 heavy (non-hydrogen) atoms. The second kappa shape index (κ2) is 5.87. The second-order valence-corrected chi connectivity index (χ2v) is 5.17. The Morgan fingerprint density at radius 1 is 1.42 bits per heavy atom. The largest absolute Gasteiger partial charge is 0.328 e. The lowest BCUT2D eigenvalue weighted by molar-refractivity contribution is 0.490. The highest BCUT2D eigenvalue weighted by Crippen LogP contribution is 2.28. The third kappa shape index (κ3) is 3.81. The quantitative estimate of drug-likeness (QED) is 0.670. The Kier molecular flexibility index (Phi) is 5.08. The normalized spacial score (nSPS) is 29.5. The predicted molar refractivity (Wildman–Crippen MR) is 57.5 cm³/mol. The molecule has 2 unspecified atom stereocenters. The van der Waals surface area contributed by atoms with Gasteiger partial charge in [0.15, 0.2) is 0 Å². The van der Waals surface area contributed by atoms with Crippen molar-refractivity contribution in [1.82, 2.24) is 0 Å². The van der Waals surface area contributed by atoms with Crippen molar-refractivity contribution in [2.24, 2.45) is 11.7 Å². The summed E-state index contributed by atoms with van der Waals surface area (Å²) in [5.74, 6) is 3.57. The first-order valence-electron chi connectivity index (χ1n) is 5.16. The molecule has 2 N–H and O–H groups in total. The van der Waals surface area contributed by atoms with Crippen molar-refractivity contribution in [3.63, 3.8) is 0 Å². The van der Waals surface area contributed by atoms with E-state index in [2.05, 4.69) is 18.7 Å². The summed E-state index contributed by atoms with van der Waals surface area (Å²) in [6.07, 6.45) is 6.76. The van der Waals surface area contributed by atoms with Crippen LogP contribution in [-0.4, -0.2) is 17.5 Å². The van der Waals surface area contributed by atoms with Gasteiger partial charge in [0.2, 0.25) is 0 Å². The van der Waals surface area contributed by atoms with Gasteiger partial charge in [-0.1, -0.05) is 6.92 Å². The van der Waals surface area contributed by atoms with Crippen molar-refractivity contribution in [1.29, 1.82) is 0 Å². The zero-order valence-electron chi connectivity index (χ0n) is 8.09. The van der Waals surface area contributed by atoms with Crippen LogP contribution in [0.1, 0.15) is 39.0 Å². The molecule has 1 rings (SSSR count). The van der Waals surface area contributed by atoms with E-state index in [0.29, 0.717) is 6.04 Å². The van der Waals surface area contributed by atoms with Gasteiger partial charge in [-0.25, -0.2) is 0 Å². The van der Waals surface area contributed by atoms with Gasteiger partial charge in [-0.15, -0.1) is 0 Å². The summed E-state index contributed by atoms with van der Waals surface area (Å²) in [7, 11) is 0. The summed E-state index contributed by atoms with van der Waals surface area (Å²) >= 11 is 2.06. The summed E-state index contributed by atoms with van der Waals surface area (Å²) in [6.45, 7) is 2.23. The Balaban J connectivity index is 1.93. The predicted octanol–water partition coefficient (Wildman–Crippen LogP) is 2.65. The lowest BCUT2D eigenvalue weighted by atomic mass is 10.0. The average Bonchev–Trinajstić information content (AvgIpc) is 2.45. The van der Waals surface area contributed by atoms with Crippen LogP contribution in [-0.2, 0) is 0 Å². The van der Waals surface area contributed by atoms with Gasteiger partial charge in [0.1, 0.15) is 0 Å². The Morgan fingerprint density at radius 2 is 2.25 bits per heavy atom. The van der Waals surface area contributed by atoms with E-state index >= 15 is 0 Å². The third-order valence-electron chi connectivity index (χ3n) is 2.69. The first-order chi connectivity index (χ1) is 5.83. The van der Waals surface area contributed by atoms with Gasteiger partial charge in [-0.3, -0.25) is 0 Å². The maximum absolute atomic E-state index is 5.85. The van der Waals surface area contributed by atoms with Crippen molar-refractivity contribution in [3.8, 4) is 0 Å². The Bertz CT molecular complexity index is 116. The van der Waals surface area contributed by atoms with Crippen LogP contribution in [0.25, 0.3) is 0 Å². The van der Waals surface area contributed by atoms with Crippen LogP contribution in [0.4, 0.5) is 0 Å². The molecule has 0 spiro atoms. The maximum atomic E-state index is 5.85. The van der Waals surface area contributed by atoms with Crippen molar-refractivity contribution in [3.05, 3.63) is 0 Å². The van der Waals surface area contributed by atoms with Gasteiger partial charge >= 0.3 is 0 Å². The monoisotopic (exact) mass is 187 g/mol. The summed E-state index contributed by atoms with van der Waals surface area (Å²) in [6, 6.07) is 0.522. The van der Waals surface area contributed by atoms with Crippen molar-refractivity contribution >= 4 is 11.8 Å². The minimum Gasteiger partial charge on any atom is -0.328 e. The smallest absolute Gasteiger partial charge is 0.00415 e. The number of rotatable bonds is 5. The molecule has 1 saturated carbocycles. The van der Waals surface area contributed by atoms with Gasteiger partial charge in [-0.2, -0.15) is 11.8 Å². The van der Waals surface area contributed by atoms with Gasteiger partial charge in [0.05, 0.1) is 0 Å². The van der Waals surface area contributed by atoms with E-state index in [4.69, 9.17) is 5.73 Å². The van der Waals surface area contributed by atoms with E-state index in [-0.39, 0.29) is 0 Å². The molecule has 0 aromatic heterocycles. The molecular formula is C10H21NS. The molecule has 1 fully saturated rings. The molecule has 1 nitrogen and oxygen atoms in total. The van der Waals surface area contributed by atoms with E-state index in [0.717, 1.165) is 5.92 Å². The van der Waals surface area contributed by atoms with Crippen LogP contribution < -0.4 is 5.73 Å². The lowest BCUT2D eigenvalue weighted by Gasteiger charge is -2.07. The lowest BCUT2D eigenvalue weighted by Crippen LogP contribution is -2.14. The van der Waals surface area contributed by atoms with Crippen LogP contribution >= 0.6 is 11.8 Å². The SMILES string of the molecule is CCSCCCC1CCC(N)C1. The third-order valence-corrected chi connectivity index (χ3v) is 3.67. The van der Waals surface area contributed by atoms with Gasteiger partial charge in [0, 0.05) is 6.04 Å². The molecule has 0 aromatic carbocycles. The van der Waals surface area contributed by atoms with Gasteiger partial charge < -0.3 is 5.73 Å². The minimum atomic E-state index is 0.522. The molecule has 0 amide bonds. The molecule has 2 heteroatoms. The highest BCUT2D eigenvalue weighted by molar-refractivity contribution is 7.99. The van der Waals surface area contributed by atoms with Crippen molar-refractivity contribution < 1.29 is 0 Å². The molecule has 1 aliphatic rings. The number of hydrogen-bond acceptors (Lipinski definition) is 2. The highest BCUT2D eigenvalue weighted by Gasteiger charge is 2.20. The topological polar surface area (TPSA) is 26.0 Å². The summed E-state index contributed by atoms with van der Waals surface area (Å²) < 4.78 is 0. The van der Waals surface area contributed by atoms with Crippen LogP contribution in [0.3, 0.4) is 0 Å². The van der Waals surface area contributed by atoms with Crippen LogP contribution in [0.15, 0.2) is 0 Å². The molecule has 72 valence electrons. The Labute approximate surface area is 80.5 Å². The van der Waals surface area contributed by atoms with E-state index < -0.39 is 0 Å². The van der Waals surface area contributed by atoms with Crippen molar-refractivity contribution in [2.45, 2.75) is 45.1 Å². The number of nitrogens with two attached hydrogens (primary N) is 1. The maximum Gasteiger partial charge on any atom is 0.00415 e. The van der Waals surface area contributed by atoms with E-state index in [1.54, 1.807) is 0 Å². The fourth-order valence-corrected chi connectivity index (χ4v) is 2.65. The number of thioether (sulfide) groups is 1. The van der Waals surface area contributed by atoms with Crippen LogP contribution in [0.5, 0.6) is 0 Å². The van der Waals surface area contributed by atoms with E-state index in [1.807, 2.05) is 0 Å². The molecule has 0 aromatic rings. The molecule has 1 aliphatic carbocycles. The average molecular weight is 187 g/mol. The highest BCUT2D eigenvalue weighted by atomic mass is 32.2. The summed E-state index contributed by atoms with van der Waals surface area (Å²) in [5.41, 5.74) is 5.85. The standard InChI is InChI=1S/C10H21NS/c1-2-12-7-3-4-9-5-6-10(11)8-9/h9-10H,2-8,11H2,1H3. The fraction of sp³-hybridized carbons (Fsp3) is 1.00. The Hall–Kier alpha value is 0.310. The zero-order valence-corrected chi connectivity index (χ0v) is 8.91. The fourth-order valence-electron chi connectivity index (χ4n) is 1.99. The van der Waals surface area contributed by atoms with E-state index in [9.17, 15) is 0 Å².